The molecule has 1 aliphatic heterocycles. The lowest BCUT2D eigenvalue weighted by atomic mass is 9.96. The first-order chi connectivity index (χ1) is 15.6. The van der Waals surface area contributed by atoms with Crippen molar-refractivity contribution in [3.05, 3.63) is 83.3 Å². The van der Waals surface area contributed by atoms with Gasteiger partial charge in [-0.15, -0.1) is 0 Å². The molecule has 0 bridgehead atoms. The molecule has 32 heavy (non-hydrogen) atoms. The van der Waals surface area contributed by atoms with Crippen molar-refractivity contribution >= 4 is 12.0 Å². The highest BCUT2D eigenvalue weighted by Gasteiger charge is 2.21. The number of hydrogen-bond donors (Lipinski definition) is 1. The molecule has 1 saturated heterocycles. The number of aryl methyl sites for hydroxylation is 1. The van der Waals surface area contributed by atoms with Gasteiger partial charge in [0.15, 0.2) is 11.5 Å². The van der Waals surface area contributed by atoms with Gasteiger partial charge >= 0.3 is 0 Å². The SMILES string of the molecule is Cc1ccc(-c2cc(C(=O)NCC3CCN(C/C=C/c4ccccc4)CC3)no2)c(F)c1. The molecule has 5 nitrogen and oxygen atoms in total. The number of benzene rings is 2. The van der Waals surface area contributed by atoms with Crippen molar-refractivity contribution in [2.75, 3.05) is 26.2 Å². The van der Waals surface area contributed by atoms with E-state index < -0.39 is 5.82 Å². The fourth-order valence-electron chi connectivity index (χ4n) is 3.93. The van der Waals surface area contributed by atoms with Crippen LogP contribution in [0.1, 0.15) is 34.5 Å². The van der Waals surface area contributed by atoms with Crippen LogP contribution in [0.25, 0.3) is 17.4 Å². The van der Waals surface area contributed by atoms with Crippen molar-refractivity contribution in [2.45, 2.75) is 19.8 Å². The molecule has 6 heteroatoms. The summed E-state index contributed by atoms with van der Waals surface area (Å²) in [5.74, 6) is 0.0120. The summed E-state index contributed by atoms with van der Waals surface area (Å²) < 4.78 is 19.3. The number of rotatable bonds is 7. The standard InChI is InChI=1S/C26H28FN3O2/c1-19-9-10-22(23(27)16-19)25-17-24(29-32-25)26(31)28-18-21-11-14-30(15-12-21)13-5-8-20-6-3-2-4-7-20/h2-10,16-17,21H,11-15,18H2,1H3,(H,28,31)/b8-5+. The van der Waals surface area contributed by atoms with E-state index in [4.69, 9.17) is 4.52 Å². The van der Waals surface area contributed by atoms with Crippen LogP contribution in [0.5, 0.6) is 0 Å². The second kappa shape index (κ2) is 10.4. The highest BCUT2D eigenvalue weighted by Crippen LogP contribution is 2.24. The Hall–Kier alpha value is -3.25. The van der Waals surface area contributed by atoms with E-state index in [0.29, 0.717) is 18.0 Å². The van der Waals surface area contributed by atoms with Crippen LogP contribution in [0, 0.1) is 18.7 Å². The summed E-state index contributed by atoms with van der Waals surface area (Å²) in [5.41, 5.74) is 2.51. The van der Waals surface area contributed by atoms with Crippen LogP contribution < -0.4 is 5.32 Å². The number of amides is 1. The molecule has 1 aliphatic rings. The molecule has 0 radical (unpaired) electrons. The zero-order valence-electron chi connectivity index (χ0n) is 18.3. The maximum absolute atomic E-state index is 14.1. The smallest absolute Gasteiger partial charge is 0.273 e. The van der Waals surface area contributed by atoms with Crippen LogP contribution in [0.2, 0.25) is 0 Å². The highest BCUT2D eigenvalue weighted by atomic mass is 19.1. The van der Waals surface area contributed by atoms with Gasteiger partial charge in [-0.2, -0.15) is 0 Å². The molecule has 2 heterocycles. The van der Waals surface area contributed by atoms with Gasteiger partial charge in [0.25, 0.3) is 5.91 Å². The molecule has 1 N–H and O–H groups in total. The Balaban J connectivity index is 1.22. The molecule has 166 valence electrons. The maximum atomic E-state index is 14.1. The summed E-state index contributed by atoms with van der Waals surface area (Å²) in [6.07, 6.45) is 6.44. The summed E-state index contributed by atoms with van der Waals surface area (Å²) in [5, 5.41) is 6.77. The van der Waals surface area contributed by atoms with Gasteiger partial charge in [-0.05, 0) is 62.0 Å². The molecule has 0 aliphatic carbocycles. The minimum Gasteiger partial charge on any atom is -0.355 e. The fraction of sp³-hybridized carbons (Fsp3) is 0.308. The van der Waals surface area contributed by atoms with Crippen molar-refractivity contribution < 1.29 is 13.7 Å². The third-order valence-electron chi connectivity index (χ3n) is 5.86. The van der Waals surface area contributed by atoms with E-state index in [2.05, 4.69) is 39.7 Å². The normalized spacial score (nSPS) is 15.3. The first kappa shape index (κ1) is 22.0. The lowest BCUT2D eigenvalue weighted by molar-refractivity contribution is 0.0928. The van der Waals surface area contributed by atoms with E-state index in [9.17, 15) is 9.18 Å². The van der Waals surface area contributed by atoms with E-state index in [1.54, 1.807) is 12.1 Å². The second-order valence-corrected chi connectivity index (χ2v) is 8.33. The van der Waals surface area contributed by atoms with Gasteiger partial charge in [-0.3, -0.25) is 9.69 Å². The molecule has 3 aromatic rings. The van der Waals surface area contributed by atoms with Gasteiger partial charge in [0.05, 0.1) is 5.56 Å². The van der Waals surface area contributed by atoms with Crippen LogP contribution in [0.3, 0.4) is 0 Å². The number of hydrogen-bond acceptors (Lipinski definition) is 4. The van der Waals surface area contributed by atoms with Gasteiger partial charge in [-0.1, -0.05) is 53.7 Å². The molecule has 0 spiro atoms. The summed E-state index contributed by atoms with van der Waals surface area (Å²) in [4.78, 5) is 14.9. The zero-order valence-corrected chi connectivity index (χ0v) is 18.3. The van der Waals surface area contributed by atoms with E-state index in [1.807, 2.05) is 25.1 Å². The van der Waals surface area contributed by atoms with Crippen molar-refractivity contribution in [2.24, 2.45) is 5.92 Å². The highest BCUT2D eigenvalue weighted by molar-refractivity contribution is 5.93. The number of carbonyl (C=O) groups is 1. The van der Waals surface area contributed by atoms with Gasteiger partial charge in [0, 0.05) is 19.2 Å². The topological polar surface area (TPSA) is 58.4 Å². The van der Waals surface area contributed by atoms with Crippen molar-refractivity contribution in [3.63, 3.8) is 0 Å². The Morgan fingerprint density at radius 2 is 1.97 bits per heavy atom. The Kier molecular flexibility index (Phi) is 7.12. The average molecular weight is 434 g/mol. The monoisotopic (exact) mass is 433 g/mol. The quantitative estimate of drug-likeness (QED) is 0.573. The largest absolute Gasteiger partial charge is 0.355 e. The summed E-state index contributed by atoms with van der Waals surface area (Å²) in [7, 11) is 0. The third-order valence-corrected chi connectivity index (χ3v) is 5.86. The van der Waals surface area contributed by atoms with Crippen LogP contribution in [-0.2, 0) is 0 Å². The van der Waals surface area contributed by atoms with E-state index in [0.717, 1.165) is 38.0 Å². The molecule has 2 aromatic carbocycles. The predicted molar refractivity (Wildman–Crippen MR) is 124 cm³/mol. The number of halogens is 1. The Bertz CT molecular complexity index is 1070. The van der Waals surface area contributed by atoms with E-state index in [1.165, 1.54) is 17.7 Å². The molecule has 4 rings (SSSR count). The number of piperidine rings is 1. The molecular weight excluding hydrogens is 405 g/mol. The third kappa shape index (κ3) is 5.71. The summed E-state index contributed by atoms with van der Waals surface area (Å²) in [6, 6.07) is 16.7. The summed E-state index contributed by atoms with van der Waals surface area (Å²) >= 11 is 0. The number of carbonyl (C=O) groups excluding carboxylic acids is 1. The lowest BCUT2D eigenvalue weighted by Gasteiger charge is -2.31. The molecule has 0 atom stereocenters. The fourth-order valence-corrected chi connectivity index (χ4v) is 3.93. The van der Waals surface area contributed by atoms with Crippen LogP contribution in [-0.4, -0.2) is 42.1 Å². The predicted octanol–water partition coefficient (Wildman–Crippen LogP) is 4.94. The van der Waals surface area contributed by atoms with Gasteiger partial charge in [-0.25, -0.2) is 4.39 Å². The van der Waals surface area contributed by atoms with Crippen LogP contribution in [0.4, 0.5) is 4.39 Å². The number of nitrogens with one attached hydrogen (secondary N) is 1. The Morgan fingerprint density at radius 3 is 2.72 bits per heavy atom. The first-order valence-electron chi connectivity index (χ1n) is 11.0. The van der Waals surface area contributed by atoms with Crippen LogP contribution in [0.15, 0.2) is 65.2 Å². The van der Waals surface area contributed by atoms with Gasteiger partial charge in [0.1, 0.15) is 5.82 Å². The first-order valence-corrected chi connectivity index (χ1v) is 11.0. The Labute approximate surface area is 187 Å². The lowest BCUT2D eigenvalue weighted by Crippen LogP contribution is -2.38. The molecule has 0 unspecified atom stereocenters. The molecular formula is C26H28FN3O2. The molecule has 1 aromatic heterocycles. The van der Waals surface area contributed by atoms with Crippen molar-refractivity contribution in [3.8, 4) is 11.3 Å². The second-order valence-electron chi connectivity index (χ2n) is 8.33. The van der Waals surface area contributed by atoms with E-state index in [-0.39, 0.29) is 17.4 Å². The van der Waals surface area contributed by atoms with Crippen molar-refractivity contribution in [1.82, 2.24) is 15.4 Å². The van der Waals surface area contributed by atoms with E-state index >= 15 is 0 Å². The average Bonchev–Trinajstić information content (AvgIpc) is 3.29. The Morgan fingerprint density at radius 1 is 1.19 bits per heavy atom. The zero-order chi connectivity index (χ0) is 22.3. The number of aromatic nitrogens is 1. The number of nitrogens with zero attached hydrogens (tertiary/aromatic N) is 2. The van der Waals surface area contributed by atoms with Gasteiger partial charge < -0.3 is 9.84 Å². The minimum absolute atomic E-state index is 0.170. The number of likely N-dealkylation sites (tertiary alicyclic amines) is 1. The van der Waals surface area contributed by atoms with Crippen molar-refractivity contribution in [1.29, 1.82) is 0 Å². The van der Waals surface area contributed by atoms with Crippen LogP contribution >= 0.6 is 0 Å². The molecule has 1 amide bonds. The van der Waals surface area contributed by atoms with Gasteiger partial charge in [0.2, 0.25) is 0 Å². The maximum Gasteiger partial charge on any atom is 0.273 e. The summed E-state index contributed by atoms with van der Waals surface area (Å²) in [6.45, 7) is 5.39. The molecule has 1 fully saturated rings. The minimum atomic E-state index is -0.390. The molecule has 0 saturated carbocycles.